The summed E-state index contributed by atoms with van der Waals surface area (Å²) in [6.45, 7) is 0.455. The van der Waals surface area contributed by atoms with Crippen molar-refractivity contribution in [2.75, 3.05) is 20.3 Å². The summed E-state index contributed by atoms with van der Waals surface area (Å²) in [5.41, 5.74) is 0.784. The Balaban J connectivity index is 2.32. The molecule has 0 spiro atoms. The first-order chi connectivity index (χ1) is 9.06. The average molecular weight is 300 g/mol. The minimum atomic E-state index is -0.492. The Labute approximate surface area is 120 Å². The van der Waals surface area contributed by atoms with E-state index in [-0.39, 0.29) is 23.8 Å². The van der Waals surface area contributed by atoms with Gasteiger partial charge in [-0.3, -0.25) is 14.5 Å². The van der Waals surface area contributed by atoms with Crippen LogP contribution >= 0.6 is 23.2 Å². The van der Waals surface area contributed by atoms with Crippen molar-refractivity contribution in [2.24, 2.45) is 0 Å². The first-order valence-corrected chi connectivity index (χ1v) is 6.32. The summed E-state index contributed by atoms with van der Waals surface area (Å²) in [4.78, 5) is 25.2. The van der Waals surface area contributed by atoms with Gasteiger partial charge in [-0.15, -0.1) is 0 Å². The van der Waals surface area contributed by atoms with Crippen LogP contribution in [0.5, 0.6) is 0 Å². The number of ether oxygens (including phenoxy) is 1. The van der Waals surface area contributed by atoms with Crippen LogP contribution in [-0.4, -0.2) is 37.0 Å². The number of hydrogen-bond donors (Lipinski definition) is 0. The van der Waals surface area contributed by atoms with Crippen molar-refractivity contribution in [2.45, 2.75) is 0 Å². The second-order valence-electron chi connectivity index (χ2n) is 3.95. The molecule has 0 aromatic heterocycles. The Morgan fingerprint density at radius 1 is 1.11 bits per heavy atom. The van der Waals surface area contributed by atoms with Crippen LogP contribution in [0.15, 0.2) is 29.3 Å². The van der Waals surface area contributed by atoms with E-state index in [1.165, 1.54) is 7.11 Å². The minimum Gasteiger partial charge on any atom is -0.383 e. The SMILES string of the molecule is COCCN1C(=O)C(Cl)=C(c2ccc(Cl)cc2)C1=O. The topological polar surface area (TPSA) is 46.6 Å². The monoisotopic (exact) mass is 299 g/mol. The number of imide groups is 1. The van der Waals surface area contributed by atoms with E-state index in [2.05, 4.69) is 0 Å². The lowest BCUT2D eigenvalue weighted by atomic mass is 10.1. The molecule has 0 unspecified atom stereocenters. The van der Waals surface area contributed by atoms with Crippen LogP contribution in [0, 0.1) is 0 Å². The number of benzene rings is 1. The predicted octanol–water partition coefficient (Wildman–Crippen LogP) is 2.31. The highest BCUT2D eigenvalue weighted by Gasteiger charge is 2.37. The van der Waals surface area contributed by atoms with Gasteiger partial charge in [-0.1, -0.05) is 35.3 Å². The molecule has 0 saturated carbocycles. The van der Waals surface area contributed by atoms with Crippen molar-refractivity contribution in [1.82, 2.24) is 4.90 Å². The van der Waals surface area contributed by atoms with Crippen LogP contribution in [0.25, 0.3) is 5.57 Å². The summed E-state index contributed by atoms with van der Waals surface area (Å²) < 4.78 is 4.87. The molecular weight excluding hydrogens is 289 g/mol. The van der Waals surface area contributed by atoms with Gasteiger partial charge < -0.3 is 4.74 Å². The van der Waals surface area contributed by atoms with E-state index in [1.54, 1.807) is 24.3 Å². The van der Waals surface area contributed by atoms with Crippen LogP contribution in [0.4, 0.5) is 0 Å². The molecular formula is C13H11Cl2NO3. The lowest BCUT2D eigenvalue weighted by molar-refractivity contribution is -0.137. The molecule has 0 N–H and O–H groups in total. The molecule has 0 aliphatic carbocycles. The van der Waals surface area contributed by atoms with Crippen LogP contribution in [0.1, 0.15) is 5.56 Å². The van der Waals surface area contributed by atoms with E-state index in [0.717, 1.165) is 4.90 Å². The molecule has 1 aromatic rings. The lowest BCUT2D eigenvalue weighted by Crippen LogP contribution is -2.34. The molecule has 2 rings (SSSR count). The quantitative estimate of drug-likeness (QED) is 0.802. The van der Waals surface area contributed by atoms with Crippen LogP contribution in [0.3, 0.4) is 0 Å². The molecule has 0 saturated heterocycles. The van der Waals surface area contributed by atoms with Gasteiger partial charge in [0.15, 0.2) is 0 Å². The third kappa shape index (κ3) is 2.66. The van der Waals surface area contributed by atoms with Gasteiger partial charge in [0.05, 0.1) is 18.7 Å². The Kier molecular flexibility index (Phi) is 4.24. The molecule has 0 fully saturated rings. The normalized spacial score (nSPS) is 15.6. The molecule has 1 aliphatic rings. The summed E-state index contributed by atoms with van der Waals surface area (Å²) in [5, 5.41) is 0.483. The zero-order chi connectivity index (χ0) is 14.0. The van der Waals surface area contributed by atoms with Gasteiger partial charge in [-0.2, -0.15) is 0 Å². The second-order valence-corrected chi connectivity index (χ2v) is 4.77. The van der Waals surface area contributed by atoms with E-state index in [0.29, 0.717) is 10.6 Å². The highest BCUT2D eigenvalue weighted by molar-refractivity contribution is 6.55. The number of nitrogens with zero attached hydrogens (tertiary/aromatic N) is 1. The standard InChI is InChI=1S/C13H11Cl2NO3/c1-19-7-6-16-12(17)10(11(15)13(16)18)8-2-4-9(14)5-3-8/h2-5H,6-7H2,1H3. The molecule has 2 amide bonds. The Morgan fingerprint density at radius 2 is 1.74 bits per heavy atom. The lowest BCUT2D eigenvalue weighted by Gasteiger charge is -2.13. The molecule has 0 atom stereocenters. The van der Waals surface area contributed by atoms with Crippen LogP contribution < -0.4 is 0 Å². The van der Waals surface area contributed by atoms with E-state index >= 15 is 0 Å². The van der Waals surface area contributed by atoms with Crippen molar-refractivity contribution >= 4 is 40.6 Å². The Hall–Kier alpha value is -1.36. The maximum atomic E-state index is 12.2. The fraction of sp³-hybridized carbons (Fsp3) is 0.231. The number of carbonyl (C=O) groups is 2. The number of amides is 2. The fourth-order valence-electron chi connectivity index (χ4n) is 1.80. The van der Waals surface area contributed by atoms with Gasteiger partial charge in [-0.05, 0) is 17.7 Å². The van der Waals surface area contributed by atoms with E-state index in [9.17, 15) is 9.59 Å². The van der Waals surface area contributed by atoms with Gasteiger partial charge in [0.2, 0.25) is 0 Å². The molecule has 1 heterocycles. The maximum absolute atomic E-state index is 12.2. The summed E-state index contributed by atoms with van der Waals surface area (Å²) in [6.07, 6.45) is 0. The highest BCUT2D eigenvalue weighted by atomic mass is 35.5. The van der Waals surface area contributed by atoms with Crippen molar-refractivity contribution in [3.05, 3.63) is 39.9 Å². The molecule has 1 aliphatic heterocycles. The van der Waals surface area contributed by atoms with E-state index in [1.807, 2.05) is 0 Å². The van der Waals surface area contributed by atoms with Crippen molar-refractivity contribution < 1.29 is 14.3 Å². The van der Waals surface area contributed by atoms with Crippen molar-refractivity contribution in [3.63, 3.8) is 0 Å². The predicted molar refractivity (Wildman–Crippen MR) is 72.8 cm³/mol. The summed E-state index contributed by atoms with van der Waals surface area (Å²) in [6, 6.07) is 6.60. The highest BCUT2D eigenvalue weighted by Crippen LogP contribution is 2.31. The zero-order valence-corrected chi connectivity index (χ0v) is 11.7. The molecule has 0 radical (unpaired) electrons. The number of methoxy groups -OCH3 is 1. The third-order valence-corrected chi connectivity index (χ3v) is 3.37. The third-order valence-electron chi connectivity index (χ3n) is 2.76. The summed E-state index contributed by atoms with van der Waals surface area (Å²) in [5.74, 6) is -0.900. The summed E-state index contributed by atoms with van der Waals surface area (Å²) >= 11 is 11.8. The molecule has 0 bridgehead atoms. The smallest absolute Gasteiger partial charge is 0.273 e. The second kappa shape index (κ2) is 5.74. The zero-order valence-electron chi connectivity index (χ0n) is 10.2. The van der Waals surface area contributed by atoms with Crippen molar-refractivity contribution in [1.29, 1.82) is 0 Å². The van der Waals surface area contributed by atoms with Gasteiger partial charge in [0.1, 0.15) is 5.03 Å². The number of rotatable bonds is 4. The number of halogens is 2. The first-order valence-electron chi connectivity index (χ1n) is 5.57. The fourth-order valence-corrected chi connectivity index (χ4v) is 2.22. The van der Waals surface area contributed by atoms with Crippen LogP contribution in [-0.2, 0) is 14.3 Å². The molecule has 6 heteroatoms. The van der Waals surface area contributed by atoms with Gasteiger partial charge in [0.25, 0.3) is 11.8 Å². The molecule has 4 nitrogen and oxygen atoms in total. The first kappa shape index (κ1) is 14.1. The van der Waals surface area contributed by atoms with Gasteiger partial charge >= 0.3 is 0 Å². The van der Waals surface area contributed by atoms with Crippen LogP contribution in [0.2, 0.25) is 5.02 Å². The minimum absolute atomic E-state index is 0.0663. The summed E-state index contributed by atoms with van der Waals surface area (Å²) in [7, 11) is 1.50. The number of hydrogen-bond acceptors (Lipinski definition) is 3. The molecule has 19 heavy (non-hydrogen) atoms. The largest absolute Gasteiger partial charge is 0.383 e. The Bertz CT molecular complexity index is 552. The van der Waals surface area contributed by atoms with Gasteiger partial charge in [-0.25, -0.2) is 0 Å². The Morgan fingerprint density at radius 3 is 2.32 bits per heavy atom. The van der Waals surface area contributed by atoms with E-state index < -0.39 is 11.8 Å². The van der Waals surface area contributed by atoms with Gasteiger partial charge in [0, 0.05) is 12.1 Å². The molecule has 1 aromatic carbocycles. The van der Waals surface area contributed by atoms with Crippen molar-refractivity contribution in [3.8, 4) is 0 Å². The maximum Gasteiger partial charge on any atom is 0.273 e. The molecule has 100 valence electrons. The van der Waals surface area contributed by atoms with E-state index in [4.69, 9.17) is 27.9 Å². The number of carbonyl (C=O) groups excluding carboxylic acids is 2. The average Bonchev–Trinajstić information content (AvgIpc) is 2.60.